The van der Waals surface area contributed by atoms with Gasteiger partial charge in [-0.15, -0.1) is 0 Å². The Morgan fingerprint density at radius 3 is 2.38 bits per heavy atom. The van der Waals surface area contributed by atoms with Crippen LogP contribution in [0.3, 0.4) is 0 Å². The van der Waals surface area contributed by atoms with E-state index in [2.05, 4.69) is 0 Å². The highest BCUT2D eigenvalue weighted by atomic mass is 32.2. The fraction of sp³-hybridized carbons (Fsp3) is 0.579. The average molecular weight is 426 g/mol. The number of benzene rings is 1. The minimum Gasteiger partial charge on any atom is -0.483 e. The smallest absolute Gasteiger partial charge is 0.260 e. The molecule has 10 heteroatoms. The summed E-state index contributed by atoms with van der Waals surface area (Å²) in [5, 5.41) is 0. The zero-order chi connectivity index (χ0) is 21.2. The molecule has 160 valence electrons. The molecule has 2 atom stereocenters. The van der Waals surface area contributed by atoms with Crippen molar-refractivity contribution >= 4 is 21.8 Å². The molecule has 0 unspecified atom stereocenters. The molecule has 0 aliphatic carbocycles. The lowest BCUT2D eigenvalue weighted by molar-refractivity contribution is -0.145. The van der Waals surface area contributed by atoms with E-state index < -0.39 is 15.9 Å². The summed E-state index contributed by atoms with van der Waals surface area (Å²) in [4.78, 5) is 26.0. The van der Waals surface area contributed by atoms with E-state index in [0.29, 0.717) is 26.2 Å². The molecule has 0 aromatic heterocycles. The number of hydrogen-bond donors (Lipinski definition) is 1. The fourth-order valence-electron chi connectivity index (χ4n) is 3.68. The van der Waals surface area contributed by atoms with Gasteiger partial charge in [0.25, 0.3) is 11.8 Å². The molecule has 3 rings (SSSR count). The fourth-order valence-corrected chi connectivity index (χ4v) is 5.22. The molecule has 1 aromatic carbocycles. The third-order valence-corrected chi connectivity index (χ3v) is 6.94. The van der Waals surface area contributed by atoms with E-state index in [1.165, 1.54) is 22.5 Å². The van der Waals surface area contributed by atoms with Crippen LogP contribution in [0.1, 0.15) is 37.0 Å². The molecule has 2 N–H and O–H groups in total. The molecule has 2 amide bonds. The van der Waals surface area contributed by atoms with Gasteiger partial charge >= 0.3 is 0 Å². The van der Waals surface area contributed by atoms with Crippen LogP contribution < -0.4 is 10.5 Å². The first-order valence-electron chi connectivity index (χ1n) is 9.68. The molecule has 2 heterocycles. The van der Waals surface area contributed by atoms with Crippen LogP contribution in [0.25, 0.3) is 0 Å². The van der Waals surface area contributed by atoms with Crippen molar-refractivity contribution in [2.45, 2.75) is 43.8 Å². The van der Waals surface area contributed by atoms with Crippen molar-refractivity contribution in [1.82, 2.24) is 9.21 Å². The largest absolute Gasteiger partial charge is 0.483 e. The number of ether oxygens (including phenoxy) is 2. The van der Waals surface area contributed by atoms with Gasteiger partial charge in [0.1, 0.15) is 5.75 Å². The maximum atomic E-state index is 12.7. The van der Waals surface area contributed by atoms with Gasteiger partial charge in [0, 0.05) is 26.2 Å². The maximum Gasteiger partial charge on any atom is 0.260 e. The zero-order valence-corrected chi connectivity index (χ0v) is 17.5. The van der Waals surface area contributed by atoms with Crippen LogP contribution in [0.5, 0.6) is 5.75 Å². The number of rotatable bonds is 6. The summed E-state index contributed by atoms with van der Waals surface area (Å²) in [5.41, 5.74) is 5.36. The Kier molecular flexibility index (Phi) is 6.45. The third kappa shape index (κ3) is 4.88. The lowest BCUT2D eigenvalue weighted by Gasteiger charge is -2.35. The summed E-state index contributed by atoms with van der Waals surface area (Å²) in [6.07, 6.45) is 1.48. The average Bonchev–Trinajstić information content (AvgIpc) is 3.20. The van der Waals surface area contributed by atoms with Gasteiger partial charge in [-0.3, -0.25) is 9.59 Å². The summed E-state index contributed by atoms with van der Waals surface area (Å²) >= 11 is 0. The highest BCUT2D eigenvalue weighted by Gasteiger charge is 2.29. The Bertz CT molecular complexity index is 872. The second kappa shape index (κ2) is 8.68. The standard InChI is InChI=1S/C19H27N3O6S/c1-13-10-21(11-14(2)28-13)18(23)12-27-17-6-5-15(9-16(17)19(20)24)29(25,26)22-7-3-4-8-22/h5-6,9,13-14H,3-4,7-8,10-12H2,1-2H3,(H2,20,24)/t13-,14-/m0/s1. The van der Waals surface area contributed by atoms with Gasteiger partial charge in [0.05, 0.1) is 22.7 Å². The highest BCUT2D eigenvalue weighted by Crippen LogP contribution is 2.26. The van der Waals surface area contributed by atoms with E-state index in [4.69, 9.17) is 15.2 Å². The van der Waals surface area contributed by atoms with Crippen LogP contribution >= 0.6 is 0 Å². The van der Waals surface area contributed by atoms with Crippen molar-refractivity contribution in [3.8, 4) is 5.75 Å². The molecule has 29 heavy (non-hydrogen) atoms. The number of hydrogen-bond acceptors (Lipinski definition) is 6. The van der Waals surface area contributed by atoms with E-state index in [-0.39, 0.29) is 40.9 Å². The quantitative estimate of drug-likeness (QED) is 0.712. The lowest BCUT2D eigenvalue weighted by atomic mass is 10.2. The summed E-state index contributed by atoms with van der Waals surface area (Å²) < 4.78 is 38.0. The van der Waals surface area contributed by atoms with Crippen LogP contribution in [0.4, 0.5) is 0 Å². The second-order valence-corrected chi connectivity index (χ2v) is 9.42. The molecule has 2 aliphatic rings. The van der Waals surface area contributed by atoms with E-state index in [1.807, 2.05) is 13.8 Å². The van der Waals surface area contributed by atoms with Crippen molar-refractivity contribution in [3.05, 3.63) is 23.8 Å². The molecule has 2 saturated heterocycles. The number of carbonyl (C=O) groups is 2. The number of nitrogens with zero attached hydrogens (tertiary/aromatic N) is 2. The summed E-state index contributed by atoms with van der Waals surface area (Å²) in [5.74, 6) is -0.976. The van der Waals surface area contributed by atoms with Gasteiger partial charge in [-0.1, -0.05) is 0 Å². The normalized spacial score (nSPS) is 23.2. The van der Waals surface area contributed by atoms with E-state index in [0.717, 1.165) is 12.8 Å². The van der Waals surface area contributed by atoms with Gasteiger partial charge in [-0.2, -0.15) is 4.31 Å². The van der Waals surface area contributed by atoms with Crippen molar-refractivity contribution in [3.63, 3.8) is 0 Å². The van der Waals surface area contributed by atoms with Crippen LogP contribution in [0.15, 0.2) is 23.1 Å². The predicted octanol–water partition coefficient (Wildman–Crippen LogP) is 0.585. The molecular weight excluding hydrogens is 398 g/mol. The van der Waals surface area contributed by atoms with Gasteiger partial charge in [-0.25, -0.2) is 8.42 Å². The Labute approximate surface area is 170 Å². The van der Waals surface area contributed by atoms with Gasteiger partial charge in [0.2, 0.25) is 10.0 Å². The molecule has 0 saturated carbocycles. The summed E-state index contributed by atoms with van der Waals surface area (Å²) in [6.45, 7) is 5.33. The summed E-state index contributed by atoms with van der Waals surface area (Å²) in [7, 11) is -3.69. The van der Waals surface area contributed by atoms with Gasteiger partial charge < -0.3 is 20.1 Å². The first kappa shape index (κ1) is 21.5. The van der Waals surface area contributed by atoms with Crippen LogP contribution in [-0.4, -0.2) is 74.4 Å². The van der Waals surface area contributed by atoms with Gasteiger partial charge in [0.15, 0.2) is 6.61 Å². The van der Waals surface area contributed by atoms with Crippen molar-refractivity contribution in [1.29, 1.82) is 0 Å². The Balaban J connectivity index is 1.74. The number of amides is 2. The van der Waals surface area contributed by atoms with Crippen LogP contribution in [0, 0.1) is 0 Å². The first-order chi connectivity index (χ1) is 13.7. The topological polar surface area (TPSA) is 119 Å². The molecule has 0 radical (unpaired) electrons. The highest BCUT2D eigenvalue weighted by molar-refractivity contribution is 7.89. The number of carbonyl (C=O) groups excluding carboxylic acids is 2. The molecule has 0 bridgehead atoms. The van der Waals surface area contributed by atoms with E-state index in [9.17, 15) is 18.0 Å². The minimum absolute atomic E-state index is 0.0114. The van der Waals surface area contributed by atoms with Crippen LogP contribution in [-0.2, 0) is 19.6 Å². The van der Waals surface area contributed by atoms with E-state index >= 15 is 0 Å². The third-order valence-electron chi connectivity index (χ3n) is 5.04. The maximum absolute atomic E-state index is 12.7. The Morgan fingerprint density at radius 1 is 1.17 bits per heavy atom. The predicted molar refractivity (Wildman–Crippen MR) is 105 cm³/mol. The number of sulfonamides is 1. The molecule has 2 aliphatic heterocycles. The molecule has 9 nitrogen and oxygen atoms in total. The zero-order valence-electron chi connectivity index (χ0n) is 16.7. The molecule has 0 spiro atoms. The van der Waals surface area contributed by atoms with Crippen molar-refractivity contribution in [2.24, 2.45) is 5.73 Å². The number of nitrogens with two attached hydrogens (primary N) is 1. The Morgan fingerprint density at radius 2 is 1.79 bits per heavy atom. The van der Waals surface area contributed by atoms with Crippen molar-refractivity contribution < 1.29 is 27.5 Å². The molecule has 1 aromatic rings. The summed E-state index contributed by atoms with van der Waals surface area (Å²) in [6, 6.07) is 3.97. The number of morpholine rings is 1. The van der Waals surface area contributed by atoms with Gasteiger partial charge in [-0.05, 0) is 44.9 Å². The lowest BCUT2D eigenvalue weighted by Crippen LogP contribution is -2.49. The molecule has 2 fully saturated rings. The Hall–Kier alpha value is -2.17. The first-order valence-corrected chi connectivity index (χ1v) is 11.1. The van der Waals surface area contributed by atoms with Crippen molar-refractivity contribution in [2.75, 3.05) is 32.8 Å². The second-order valence-electron chi connectivity index (χ2n) is 7.48. The monoisotopic (exact) mass is 425 g/mol. The van der Waals surface area contributed by atoms with Crippen LogP contribution in [0.2, 0.25) is 0 Å². The number of primary amides is 1. The molecular formula is C19H27N3O6S. The van der Waals surface area contributed by atoms with E-state index in [1.54, 1.807) is 4.90 Å². The minimum atomic E-state index is -3.69. The SMILES string of the molecule is C[C@H]1CN(C(=O)COc2ccc(S(=O)(=O)N3CCCC3)cc2C(N)=O)C[C@H](C)O1.